The summed E-state index contributed by atoms with van der Waals surface area (Å²) in [4.78, 5) is 13.9. The average Bonchev–Trinajstić information content (AvgIpc) is 3.17. The molecule has 0 aromatic carbocycles. The lowest BCUT2D eigenvalue weighted by Gasteiger charge is -2.34. The molecule has 1 saturated heterocycles. The van der Waals surface area contributed by atoms with E-state index < -0.39 is 0 Å². The molecule has 1 aliphatic heterocycles. The maximum absolute atomic E-state index is 4.70. The Morgan fingerprint density at radius 3 is 2.81 bits per heavy atom. The Balaban J connectivity index is 1.47. The molecule has 0 atom stereocenters. The summed E-state index contributed by atoms with van der Waals surface area (Å²) in [7, 11) is 0. The van der Waals surface area contributed by atoms with Gasteiger partial charge in [0.2, 0.25) is 0 Å². The van der Waals surface area contributed by atoms with Gasteiger partial charge in [-0.05, 0) is 6.54 Å². The van der Waals surface area contributed by atoms with Gasteiger partial charge in [-0.2, -0.15) is 0 Å². The van der Waals surface area contributed by atoms with Crippen LogP contribution in [0.4, 0.5) is 5.13 Å². The van der Waals surface area contributed by atoms with Crippen molar-refractivity contribution in [1.82, 2.24) is 20.2 Å². The molecule has 0 bridgehead atoms. The van der Waals surface area contributed by atoms with Gasteiger partial charge in [-0.3, -0.25) is 4.90 Å². The molecule has 0 aliphatic carbocycles. The highest BCUT2D eigenvalue weighted by Gasteiger charge is 2.19. The molecule has 1 N–H and O–H groups in total. The lowest BCUT2D eigenvalue weighted by molar-refractivity contribution is 0.247. The lowest BCUT2D eigenvalue weighted by Crippen LogP contribution is -2.46. The predicted octanol–water partition coefficient (Wildman–Crippen LogP) is 2.03. The molecule has 2 aromatic heterocycles. The van der Waals surface area contributed by atoms with Crippen molar-refractivity contribution >= 4 is 27.8 Å². The minimum absolute atomic E-state index is 0.888. The van der Waals surface area contributed by atoms with E-state index in [1.54, 1.807) is 22.7 Å². The Kier molecular flexibility index (Phi) is 5.18. The van der Waals surface area contributed by atoms with E-state index in [4.69, 9.17) is 4.98 Å². The maximum Gasteiger partial charge on any atom is 0.185 e. The minimum Gasteiger partial charge on any atom is -0.346 e. The van der Waals surface area contributed by atoms with Crippen LogP contribution in [0.1, 0.15) is 17.6 Å². The Bertz CT molecular complexity index is 531. The van der Waals surface area contributed by atoms with Crippen LogP contribution in [-0.2, 0) is 13.1 Å². The third-order valence-corrected chi connectivity index (χ3v) is 5.30. The van der Waals surface area contributed by atoms with E-state index in [0.29, 0.717) is 0 Å². The van der Waals surface area contributed by atoms with Crippen LogP contribution in [0.15, 0.2) is 17.0 Å². The van der Waals surface area contributed by atoms with Crippen molar-refractivity contribution in [2.75, 3.05) is 37.6 Å². The Morgan fingerprint density at radius 1 is 1.24 bits per heavy atom. The lowest BCUT2D eigenvalue weighted by atomic mass is 10.3. The van der Waals surface area contributed by atoms with Crippen molar-refractivity contribution in [2.24, 2.45) is 0 Å². The van der Waals surface area contributed by atoms with Crippen molar-refractivity contribution in [3.63, 3.8) is 0 Å². The summed E-state index contributed by atoms with van der Waals surface area (Å²) in [5.41, 5.74) is 1.20. The monoisotopic (exact) mass is 323 g/mol. The first-order chi connectivity index (χ1) is 10.3. The quantitative estimate of drug-likeness (QED) is 0.881. The molecule has 0 saturated carbocycles. The molecule has 1 fully saturated rings. The maximum atomic E-state index is 4.70. The van der Waals surface area contributed by atoms with Gasteiger partial charge >= 0.3 is 0 Å². The molecule has 0 amide bonds. The number of hydrogen-bond acceptors (Lipinski definition) is 7. The summed E-state index contributed by atoms with van der Waals surface area (Å²) in [6, 6.07) is 0. The van der Waals surface area contributed by atoms with Gasteiger partial charge in [0, 0.05) is 56.2 Å². The first kappa shape index (κ1) is 14.9. The standard InChI is InChI=1S/C14H21N5S2/c1-2-15-9-13-17-12(11-21-13)10-18-4-6-19(7-5-18)14-16-3-8-20-14/h3,8,11,15H,2,4-7,9-10H2,1H3. The molecule has 0 radical (unpaired) electrons. The summed E-state index contributed by atoms with van der Waals surface area (Å²) >= 11 is 3.48. The summed E-state index contributed by atoms with van der Waals surface area (Å²) in [6.45, 7) is 9.25. The fourth-order valence-electron chi connectivity index (χ4n) is 2.43. The molecule has 0 unspecified atom stereocenters. The van der Waals surface area contributed by atoms with E-state index in [9.17, 15) is 0 Å². The Hall–Kier alpha value is -1.02. The third kappa shape index (κ3) is 4.00. The van der Waals surface area contributed by atoms with E-state index in [1.165, 1.54) is 10.7 Å². The zero-order valence-corrected chi connectivity index (χ0v) is 13.9. The van der Waals surface area contributed by atoms with Crippen LogP contribution in [-0.4, -0.2) is 47.6 Å². The van der Waals surface area contributed by atoms with Gasteiger partial charge in [0.15, 0.2) is 5.13 Å². The Labute approximate surface area is 133 Å². The second-order valence-corrected chi connectivity index (χ2v) is 6.91. The van der Waals surface area contributed by atoms with E-state index in [-0.39, 0.29) is 0 Å². The molecule has 3 heterocycles. The first-order valence-corrected chi connectivity index (χ1v) is 9.12. The van der Waals surface area contributed by atoms with Crippen LogP contribution in [0.25, 0.3) is 0 Å². The van der Waals surface area contributed by atoms with Gasteiger partial charge < -0.3 is 10.2 Å². The van der Waals surface area contributed by atoms with Gasteiger partial charge in [-0.25, -0.2) is 9.97 Å². The number of thiazole rings is 2. The smallest absolute Gasteiger partial charge is 0.185 e. The highest BCUT2D eigenvalue weighted by molar-refractivity contribution is 7.13. The van der Waals surface area contributed by atoms with Crippen molar-refractivity contribution in [3.05, 3.63) is 27.7 Å². The topological polar surface area (TPSA) is 44.3 Å². The van der Waals surface area contributed by atoms with Crippen molar-refractivity contribution in [2.45, 2.75) is 20.0 Å². The normalized spacial score (nSPS) is 16.5. The molecule has 5 nitrogen and oxygen atoms in total. The fourth-order valence-corrected chi connectivity index (χ4v) is 3.88. The molecule has 0 spiro atoms. The summed E-state index contributed by atoms with van der Waals surface area (Å²) in [5, 5.41) is 9.90. The van der Waals surface area contributed by atoms with Crippen LogP contribution >= 0.6 is 22.7 Å². The van der Waals surface area contributed by atoms with E-state index >= 15 is 0 Å². The number of nitrogens with one attached hydrogen (secondary N) is 1. The van der Waals surface area contributed by atoms with Gasteiger partial charge in [-0.1, -0.05) is 6.92 Å². The van der Waals surface area contributed by atoms with Crippen molar-refractivity contribution in [1.29, 1.82) is 0 Å². The van der Waals surface area contributed by atoms with Crippen LogP contribution in [0, 0.1) is 0 Å². The van der Waals surface area contributed by atoms with Gasteiger partial charge in [0.1, 0.15) is 5.01 Å². The number of rotatable bonds is 6. The second kappa shape index (κ2) is 7.31. The van der Waals surface area contributed by atoms with Crippen molar-refractivity contribution < 1.29 is 0 Å². The number of anilines is 1. The fraction of sp³-hybridized carbons (Fsp3) is 0.571. The van der Waals surface area contributed by atoms with Gasteiger partial charge in [0.05, 0.1) is 5.69 Å². The molecule has 3 rings (SSSR count). The second-order valence-electron chi connectivity index (χ2n) is 5.09. The number of nitrogens with zero attached hydrogens (tertiary/aromatic N) is 4. The molecule has 21 heavy (non-hydrogen) atoms. The highest BCUT2D eigenvalue weighted by Crippen LogP contribution is 2.20. The van der Waals surface area contributed by atoms with Crippen LogP contribution in [0.2, 0.25) is 0 Å². The summed E-state index contributed by atoms with van der Waals surface area (Å²) in [6.07, 6.45) is 1.88. The molecule has 2 aromatic rings. The van der Waals surface area contributed by atoms with E-state index in [1.807, 2.05) is 11.6 Å². The number of aromatic nitrogens is 2. The zero-order valence-electron chi connectivity index (χ0n) is 12.3. The molecular weight excluding hydrogens is 302 g/mol. The number of hydrogen-bond donors (Lipinski definition) is 1. The first-order valence-electron chi connectivity index (χ1n) is 7.36. The molecule has 1 aliphatic rings. The summed E-state index contributed by atoms with van der Waals surface area (Å²) in [5.74, 6) is 0. The van der Waals surface area contributed by atoms with Crippen molar-refractivity contribution in [3.8, 4) is 0 Å². The molecule has 114 valence electrons. The largest absolute Gasteiger partial charge is 0.346 e. The van der Waals surface area contributed by atoms with Crippen LogP contribution < -0.4 is 10.2 Å². The van der Waals surface area contributed by atoms with E-state index in [2.05, 4.69) is 32.4 Å². The average molecular weight is 323 g/mol. The van der Waals surface area contributed by atoms with Crippen LogP contribution in [0.5, 0.6) is 0 Å². The van der Waals surface area contributed by atoms with E-state index in [0.717, 1.165) is 50.9 Å². The molecule has 7 heteroatoms. The zero-order chi connectivity index (χ0) is 14.5. The third-order valence-electron chi connectivity index (χ3n) is 3.57. The minimum atomic E-state index is 0.888. The number of piperazine rings is 1. The highest BCUT2D eigenvalue weighted by atomic mass is 32.1. The molecular formula is C14H21N5S2. The van der Waals surface area contributed by atoms with Gasteiger partial charge in [-0.15, -0.1) is 22.7 Å². The van der Waals surface area contributed by atoms with Crippen LogP contribution in [0.3, 0.4) is 0 Å². The summed E-state index contributed by atoms with van der Waals surface area (Å²) < 4.78 is 0. The predicted molar refractivity (Wildman–Crippen MR) is 89.1 cm³/mol. The SMILES string of the molecule is CCNCc1nc(CN2CCN(c3nccs3)CC2)cs1. The van der Waals surface area contributed by atoms with Gasteiger partial charge in [0.25, 0.3) is 0 Å². The Morgan fingerprint density at radius 2 is 2.10 bits per heavy atom.